The highest BCUT2D eigenvalue weighted by molar-refractivity contribution is 8.00. The van der Waals surface area contributed by atoms with Gasteiger partial charge in [0.25, 0.3) is 0 Å². The van der Waals surface area contributed by atoms with Crippen LogP contribution in [0, 0.1) is 6.92 Å². The minimum atomic E-state index is -0.265. The van der Waals surface area contributed by atoms with Crippen LogP contribution in [0.15, 0.2) is 77.7 Å². The second kappa shape index (κ2) is 9.05. The third-order valence-electron chi connectivity index (χ3n) is 4.76. The Labute approximate surface area is 180 Å². The molecule has 3 aromatic carbocycles. The molecule has 0 radical (unpaired) electrons. The number of hydrogen-bond donors (Lipinski definition) is 1. The number of carbonyl (C=O) groups excluding carboxylic acids is 2. The molecule has 0 saturated carbocycles. The molecule has 0 atom stereocenters. The molecule has 3 aromatic rings. The van der Waals surface area contributed by atoms with Gasteiger partial charge in [-0.2, -0.15) is 0 Å². The molecule has 152 valence electrons. The largest absolute Gasteiger partial charge is 0.487 e. The van der Waals surface area contributed by atoms with Crippen molar-refractivity contribution >= 4 is 35.0 Å². The Kier molecular flexibility index (Phi) is 6.05. The van der Waals surface area contributed by atoms with Gasteiger partial charge in [-0.25, -0.2) is 0 Å². The van der Waals surface area contributed by atoms with Gasteiger partial charge in [-0.15, -0.1) is 11.8 Å². The molecule has 0 spiro atoms. The zero-order valence-corrected chi connectivity index (χ0v) is 17.4. The normalized spacial score (nSPS) is 13.0. The van der Waals surface area contributed by atoms with Crippen molar-refractivity contribution < 1.29 is 14.3 Å². The molecule has 0 saturated heterocycles. The molecule has 4 rings (SSSR count). The summed E-state index contributed by atoms with van der Waals surface area (Å²) in [4.78, 5) is 27.7. The molecule has 0 bridgehead atoms. The highest BCUT2D eigenvalue weighted by atomic mass is 32.2. The molecule has 0 unspecified atom stereocenters. The number of para-hydroxylation sites is 1. The van der Waals surface area contributed by atoms with Gasteiger partial charge in [0, 0.05) is 4.90 Å². The molecule has 2 amide bonds. The fraction of sp³-hybridized carbons (Fsp3) is 0.167. The van der Waals surface area contributed by atoms with Gasteiger partial charge in [-0.3, -0.25) is 9.59 Å². The van der Waals surface area contributed by atoms with E-state index in [-0.39, 0.29) is 18.4 Å². The average molecular weight is 419 g/mol. The summed E-state index contributed by atoms with van der Waals surface area (Å²) in [6.45, 7) is 2.34. The third kappa shape index (κ3) is 4.66. The Morgan fingerprint density at radius 1 is 1.07 bits per heavy atom. The fourth-order valence-corrected chi connectivity index (χ4v) is 4.18. The lowest BCUT2D eigenvalue weighted by atomic mass is 10.2. The van der Waals surface area contributed by atoms with E-state index in [1.165, 1.54) is 11.8 Å². The number of benzene rings is 3. The number of aryl methyl sites for hydroxylation is 1. The molecule has 1 heterocycles. The van der Waals surface area contributed by atoms with Gasteiger partial charge in [0.15, 0.2) is 0 Å². The second-order valence-corrected chi connectivity index (χ2v) is 8.08. The van der Waals surface area contributed by atoms with Crippen LogP contribution in [0.25, 0.3) is 0 Å². The van der Waals surface area contributed by atoms with Crippen molar-refractivity contribution in [2.45, 2.75) is 18.4 Å². The quantitative estimate of drug-likeness (QED) is 0.633. The number of nitrogens with one attached hydrogen (secondary N) is 1. The summed E-state index contributed by atoms with van der Waals surface area (Å²) >= 11 is 1.50. The summed E-state index contributed by atoms with van der Waals surface area (Å²) in [5, 5.41) is 2.91. The van der Waals surface area contributed by atoms with Gasteiger partial charge in [0.05, 0.1) is 17.1 Å². The van der Waals surface area contributed by atoms with Gasteiger partial charge in [0.1, 0.15) is 18.9 Å². The van der Waals surface area contributed by atoms with Crippen molar-refractivity contribution in [2.75, 3.05) is 22.5 Å². The lowest BCUT2D eigenvalue weighted by molar-refractivity contribution is -0.120. The summed E-state index contributed by atoms with van der Waals surface area (Å²) in [5.41, 5.74) is 3.45. The average Bonchev–Trinajstić information content (AvgIpc) is 2.76. The van der Waals surface area contributed by atoms with Crippen molar-refractivity contribution in [1.82, 2.24) is 0 Å². The zero-order valence-electron chi connectivity index (χ0n) is 16.6. The van der Waals surface area contributed by atoms with E-state index in [4.69, 9.17) is 4.74 Å². The predicted molar refractivity (Wildman–Crippen MR) is 120 cm³/mol. The van der Waals surface area contributed by atoms with E-state index in [2.05, 4.69) is 5.32 Å². The van der Waals surface area contributed by atoms with Crippen molar-refractivity contribution in [3.63, 3.8) is 0 Å². The number of anilines is 2. The molecular formula is C24H22N2O3S. The molecular weight excluding hydrogens is 396 g/mol. The van der Waals surface area contributed by atoms with E-state index in [0.29, 0.717) is 23.8 Å². The Bertz CT molecular complexity index is 1070. The summed E-state index contributed by atoms with van der Waals surface area (Å²) in [6, 6.07) is 23.2. The maximum Gasteiger partial charge on any atom is 0.244 e. The number of hydrogen-bond acceptors (Lipinski definition) is 4. The van der Waals surface area contributed by atoms with E-state index in [1.54, 1.807) is 4.90 Å². The second-order valence-electron chi connectivity index (χ2n) is 7.06. The van der Waals surface area contributed by atoms with Crippen LogP contribution in [0.5, 0.6) is 5.75 Å². The number of rotatable bonds is 6. The third-order valence-corrected chi connectivity index (χ3v) is 5.81. The molecule has 5 nitrogen and oxygen atoms in total. The smallest absolute Gasteiger partial charge is 0.244 e. The first-order valence-electron chi connectivity index (χ1n) is 9.69. The summed E-state index contributed by atoms with van der Waals surface area (Å²) < 4.78 is 5.97. The van der Waals surface area contributed by atoms with E-state index in [9.17, 15) is 9.59 Å². The Morgan fingerprint density at radius 2 is 1.83 bits per heavy atom. The first-order valence-corrected chi connectivity index (χ1v) is 10.7. The number of nitrogens with zero attached hydrogens (tertiary/aromatic N) is 1. The topological polar surface area (TPSA) is 58.6 Å². The molecule has 6 heteroatoms. The number of carbonyl (C=O) groups is 2. The van der Waals surface area contributed by atoms with Crippen LogP contribution in [0.3, 0.4) is 0 Å². The van der Waals surface area contributed by atoms with Crippen LogP contribution in [-0.2, 0) is 16.2 Å². The van der Waals surface area contributed by atoms with Crippen LogP contribution in [-0.4, -0.2) is 24.1 Å². The van der Waals surface area contributed by atoms with Crippen LogP contribution >= 0.6 is 11.8 Å². The minimum Gasteiger partial charge on any atom is -0.487 e. The zero-order chi connectivity index (χ0) is 20.9. The molecule has 0 aliphatic carbocycles. The highest BCUT2D eigenvalue weighted by Gasteiger charge is 2.26. The van der Waals surface area contributed by atoms with Gasteiger partial charge in [0.2, 0.25) is 11.8 Å². The summed E-state index contributed by atoms with van der Waals surface area (Å²) in [5.74, 6) is 0.602. The number of ether oxygens (including phenoxy) is 1. The number of fused-ring (bicyclic) bond motifs is 1. The Hall–Kier alpha value is -3.25. The fourth-order valence-electron chi connectivity index (χ4n) is 3.25. The number of amides is 2. The first-order chi connectivity index (χ1) is 14.6. The first kappa shape index (κ1) is 20.0. The van der Waals surface area contributed by atoms with E-state index < -0.39 is 0 Å². The molecule has 0 fully saturated rings. The molecule has 30 heavy (non-hydrogen) atoms. The number of thioether (sulfide) groups is 1. The lowest BCUT2D eigenvalue weighted by Gasteiger charge is -2.28. The van der Waals surface area contributed by atoms with Gasteiger partial charge < -0.3 is 15.0 Å². The van der Waals surface area contributed by atoms with Gasteiger partial charge in [-0.1, -0.05) is 48.5 Å². The monoisotopic (exact) mass is 418 g/mol. The van der Waals surface area contributed by atoms with Crippen LogP contribution in [0.2, 0.25) is 0 Å². The molecule has 1 N–H and O–H groups in total. The Morgan fingerprint density at radius 3 is 2.67 bits per heavy atom. The molecule has 1 aliphatic heterocycles. The standard InChI is InChI=1S/C24H22N2O3S/c1-17-11-12-19(21(13-17)29-15-18-7-3-2-4-8-18)25-23(27)14-26-20-9-5-6-10-22(20)30-16-24(26)28/h2-13H,14-16H2,1H3,(H,25,27). The highest BCUT2D eigenvalue weighted by Crippen LogP contribution is 2.35. The minimum absolute atomic E-state index is 0.0393. The molecule has 1 aliphatic rings. The van der Waals surface area contributed by atoms with E-state index in [0.717, 1.165) is 21.7 Å². The maximum atomic E-state index is 12.8. The summed E-state index contributed by atoms with van der Waals surface area (Å²) in [7, 11) is 0. The van der Waals surface area contributed by atoms with Crippen LogP contribution < -0.4 is 15.0 Å². The maximum absolute atomic E-state index is 12.8. The Balaban J connectivity index is 1.48. The SMILES string of the molecule is Cc1ccc(NC(=O)CN2C(=O)CSc3ccccc32)c(OCc2ccccc2)c1. The van der Waals surface area contributed by atoms with Crippen LogP contribution in [0.4, 0.5) is 11.4 Å². The van der Waals surface area contributed by atoms with Crippen molar-refractivity contribution in [3.8, 4) is 5.75 Å². The van der Waals surface area contributed by atoms with Crippen molar-refractivity contribution in [2.24, 2.45) is 0 Å². The predicted octanol–water partition coefficient (Wildman–Crippen LogP) is 4.65. The lowest BCUT2D eigenvalue weighted by Crippen LogP contribution is -2.41. The van der Waals surface area contributed by atoms with Gasteiger partial charge >= 0.3 is 0 Å². The van der Waals surface area contributed by atoms with E-state index >= 15 is 0 Å². The van der Waals surface area contributed by atoms with Crippen molar-refractivity contribution in [3.05, 3.63) is 83.9 Å². The van der Waals surface area contributed by atoms with E-state index in [1.807, 2.05) is 79.7 Å². The van der Waals surface area contributed by atoms with Gasteiger partial charge in [-0.05, 0) is 42.3 Å². The summed E-state index contributed by atoms with van der Waals surface area (Å²) in [6.07, 6.45) is 0. The van der Waals surface area contributed by atoms with Crippen LogP contribution in [0.1, 0.15) is 11.1 Å². The molecule has 0 aromatic heterocycles. The van der Waals surface area contributed by atoms with Crippen molar-refractivity contribution in [1.29, 1.82) is 0 Å².